The van der Waals surface area contributed by atoms with Crippen molar-refractivity contribution in [2.75, 3.05) is 4.90 Å². The fraction of sp³-hybridized carbons (Fsp3) is 0.471. The zero-order chi connectivity index (χ0) is 17.4. The highest BCUT2D eigenvalue weighted by atomic mass is 16.5. The second kappa shape index (κ2) is 6.02. The van der Waals surface area contributed by atoms with Gasteiger partial charge in [0.2, 0.25) is 0 Å². The molecular weight excluding hydrogens is 298 g/mol. The zero-order valence-electron chi connectivity index (χ0n) is 13.8. The van der Waals surface area contributed by atoms with Crippen LogP contribution < -0.4 is 9.64 Å². The van der Waals surface area contributed by atoms with Gasteiger partial charge in [-0.05, 0) is 38.5 Å². The smallest absolute Gasteiger partial charge is 0.326 e. The van der Waals surface area contributed by atoms with Crippen LogP contribution in [0.1, 0.15) is 50.9 Å². The molecule has 6 nitrogen and oxygen atoms in total. The quantitative estimate of drug-likeness (QED) is 0.843. The van der Waals surface area contributed by atoms with Gasteiger partial charge in [-0.25, -0.2) is 4.79 Å². The Morgan fingerprint density at radius 1 is 1.30 bits per heavy atom. The zero-order valence-corrected chi connectivity index (χ0v) is 13.8. The van der Waals surface area contributed by atoms with Crippen LogP contribution in [-0.2, 0) is 9.59 Å². The van der Waals surface area contributed by atoms with E-state index in [2.05, 4.69) is 0 Å². The summed E-state index contributed by atoms with van der Waals surface area (Å²) >= 11 is 0. The van der Waals surface area contributed by atoms with Crippen molar-refractivity contribution in [3.8, 4) is 5.75 Å². The van der Waals surface area contributed by atoms with Gasteiger partial charge < -0.3 is 9.84 Å². The molecule has 1 aliphatic rings. The molecule has 1 N–H and O–H groups in total. The second-order valence-corrected chi connectivity index (χ2v) is 6.01. The Morgan fingerprint density at radius 2 is 1.96 bits per heavy atom. The van der Waals surface area contributed by atoms with Crippen molar-refractivity contribution in [1.82, 2.24) is 0 Å². The van der Waals surface area contributed by atoms with E-state index in [0.717, 1.165) is 0 Å². The van der Waals surface area contributed by atoms with Crippen molar-refractivity contribution >= 4 is 23.3 Å². The maximum atomic E-state index is 12.7. The average molecular weight is 319 g/mol. The highest BCUT2D eigenvalue weighted by Gasteiger charge is 2.45. The third-order valence-corrected chi connectivity index (χ3v) is 3.94. The lowest BCUT2D eigenvalue weighted by Gasteiger charge is -2.41. The largest absolute Gasteiger partial charge is 0.480 e. The number of fused-ring (bicyclic) bond motifs is 1. The van der Waals surface area contributed by atoms with Crippen molar-refractivity contribution < 1.29 is 24.2 Å². The number of anilines is 1. The Morgan fingerprint density at radius 3 is 2.48 bits per heavy atom. The summed E-state index contributed by atoms with van der Waals surface area (Å²) in [5.74, 6) is -1.19. The molecule has 1 aromatic rings. The SMILES string of the molecule is CCC(=O)c1ccc2c(c1)N(C(CC)C(=O)O)C(=O)C(C)(C)O2. The van der Waals surface area contributed by atoms with Gasteiger partial charge in [-0.2, -0.15) is 0 Å². The number of carbonyl (C=O) groups is 3. The molecule has 1 unspecified atom stereocenters. The predicted octanol–water partition coefficient (Wildman–Crippen LogP) is 2.65. The Bertz CT molecular complexity index is 665. The first-order valence-corrected chi connectivity index (χ1v) is 7.65. The Kier molecular flexibility index (Phi) is 4.45. The molecule has 1 aliphatic heterocycles. The number of benzene rings is 1. The van der Waals surface area contributed by atoms with Crippen LogP contribution >= 0.6 is 0 Å². The normalized spacial score (nSPS) is 17.2. The monoisotopic (exact) mass is 319 g/mol. The third kappa shape index (κ3) is 2.93. The van der Waals surface area contributed by atoms with Crippen molar-refractivity contribution in [1.29, 1.82) is 0 Å². The number of hydrogen-bond acceptors (Lipinski definition) is 4. The molecule has 23 heavy (non-hydrogen) atoms. The van der Waals surface area contributed by atoms with E-state index >= 15 is 0 Å². The van der Waals surface area contributed by atoms with Gasteiger partial charge in [0.25, 0.3) is 5.91 Å². The first-order valence-electron chi connectivity index (χ1n) is 7.65. The molecule has 2 rings (SSSR count). The van der Waals surface area contributed by atoms with Gasteiger partial charge in [-0.1, -0.05) is 13.8 Å². The Hall–Kier alpha value is -2.37. The number of nitrogens with zero attached hydrogens (tertiary/aromatic N) is 1. The average Bonchev–Trinajstić information content (AvgIpc) is 2.50. The predicted molar refractivity (Wildman–Crippen MR) is 85.0 cm³/mol. The fourth-order valence-electron chi connectivity index (χ4n) is 2.66. The summed E-state index contributed by atoms with van der Waals surface area (Å²) in [6.07, 6.45) is 0.581. The van der Waals surface area contributed by atoms with Crippen LogP contribution in [0.4, 0.5) is 5.69 Å². The van der Waals surface area contributed by atoms with E-state index in [9.17, 15) is 19.5 Å². The van der Waals surface area contributed by atoms with Crippen LogP contribution in [0.25, 0.3) is 0 Å². The molecule has 1 atom stereocenters. The molecule has 1 aromatic carbocycles. The number of hydrogen-bond donors (Lipinski definition) is 1. The van der Waals surface area contributed by atoms with Crippen LogP contribution in [0.2, 0.25) is 0 Å². The number of aliphatic carboxylic acids is 1. The summed E-state index contributed by atoms with van der Waals surface area (Å²) in [6.45, 7) is 6.65. The van der Waals surface area contributed by atoms with E-state index in [1.807, 2.05) is 0 Å². The molecule has 1 heterocycles. The molecule has 0 aliphatic carbocycles. The Labute approximate surface area is 135 Å². The summed E-state index contributed by atoms with van der Waals surface area (Å²) in [5.41, 5.74) is -0.387. The van der Waals surface area contributed by atoms with E-state index in [1.54, 1.807) is 45.9 Å². The first-order chi connectivity index (χ1) is 10.7. The van der Waals surface area contributed by atoms with Gasteiger partial charge in [-0.15, -0.1) is 0 Å². The lowest BCUT2D eigenvalue weighted by molar-refractivity contribution is -0.143. The maximum absolute atomic E-state index is 12.7. The fourth-order valence-corrected chi connectivity index (χ4v) is 2.66. The van der Waals surface area contributed by atoms with Crippen molar-refractivity contribution in [3.05, 3.63) is 23.8 Å². The van der Waals surface area contributed by atoms with Crippen LogP contribution in [0.15, 0.2) is 18.2 Å². The van der Waals surface area contributed by atoms with E-state index in [0.29, 0.717) is 23.4 Å². The molecule has 0 bridgehead atoms. The molecule has 0 spiro atoms. The summed E-state index contributed by atoms with van der Waals surface area (Å²) in [6, 6.07) is 3.79. The van der Waals surface area contributed by atoms with Gasteiger partial charge in [0.15, 0.2) is 11.4 Å². The van der Waals surface area contributed by atoms with Crippen molar-refractivity contribution in [3.63, 3.8) is 0 Å². The number of ketones is 1. The molecule has 0 aromatic heterocycles. The summed E-state index contributed by atoms with van der Waals surface area (Å²) < 4.78 is 5.71. The molecule has 124 valence electrons. The van der Waals surface area contributed by atoms with Crippen LogP contribution in [0, 0.1) is 0 Å². The van der Waals surface area contributed by atoms with Crippen LogP contribution in [-0.4, -0.2) is 34.4 Å². The molecule has 1 amide bonds. The van der Waals surface area contributed by atoms with Gasteiger partial charge in [0, 0.05) is 12.0 Å². The third-order valence-electron chi connectivity index (χ3n) is 3.94. The van der Waals surface area contributed by atoms with Gasteiger partial charge in [-0.3, -0.25) is 14.5 Å². The molecular formula is C17H21NO5. The minimum absolute atomic E-state index is 0.0755. The van der Waals surface area contributed by atoms with Crippen LogP contribution in [0.5, 0.6) is 5.75 Å². The summed E-state index contributed by atoms with van der Waals surface area (Å²) in [4.78, 5) is 37.5. The highest BCUT2D eigenvalue weighted by Crippen LogP contribution is 2.40. The standard InChI is InChI=1S/C17H21NO5/c1-5-11(15(20)21)18-12-9-10(13(19)6-2)7-8-14(12)23-17(3,4)16(18)22/h7-9,11H,5-6H2,1-4H3,(H,20,21). The molecule has 0 saturated heterocycles. The summed E-state index contributed by atoms with van der Waals surface area (Å²) in [5, 5.41) is 9.46. The van der Waals surface area contributed by atoms with Gasteiger partial charge in [0.05, 0.1) is 5.69 Å². The van der Waals surface area contributed by atoms with Crippen molar-refractivity contribution in [2.45, 2.75) is 52.2 Å². The highest BCUT2D eigenvalue weighted by molar-refractivity contribution is 6.07. The van der Waals surface area contributed by atoms with Crippen molar-refractivity contribution in [2.24, 2.45) is 0 Å². The van der Waals surface area contributed by atoms with E-state index in [-0.39, 0.29) is 12.2 Å². The van der Waals surface area contributed by atoms with Crippen LogP contribution in [0.3, 0.4) is 0 Å². The number of ether oxygens (including phenoxy) is 1. The molecule has 0 radical (unpaired) electrons. The molecule has 0 fully saturated rings. The first kappa shape index (κ1) is 17.0. The molecule has 0 saturated carbocycles. The van der Waals surface area contributed by atoms with Gasteiger partial charge >= 0.3 is 5.97 Å². The number of amides is 1. The number of carboxylic acid groups (broad SMARTS) is 1. The Balaban J connectivity index is 2.63. The van der Waals surface area contributed by atoms with Gasteiger partial charge in [0.1, 0.15) is 11.8 Å². The number of Topliss-reactive ketones (excluding diaryl/α,β-unsaturated/α-hetero) is 1. The number of carboxylic acids is 1. The lowest BCUT2D eigenvalue weighted by Crippen LogP contribution is -2.57. The van der Waals surface area contributed by atoms with E-state index in [4.69, 9.17) is 4.74 Å². The summed E-state index contributed by atoms with van der Waals surface area (Å²) in [7, 11) is 0. The minimum atomic E-state index is -1.16. The number of carbonyl (C=O) groups excluding carboxylic acids is 2. The maximum Gasteiger partial charge on any atom is 0.326 e. The topological polar surface area (TPSA) is 83.9 Å². The second-order valence-electron chi connectivity index (χ2n) is 6.01. The van der Waals surface area contributed by atoms with E-state index in [1.165, 1.54) is 4.90 Å². The van der Waals surface area contributed by atoms with E-state index < -0.39 is 23.5 Å². The lowest BCUT2D eigenvalue weighted by atomic mass is 9.98. The minimum Gasteiger partial charge on any atom is -0.480 e. The number of rotatable bonds is 5. The molecule has 6 heteroatoms.